The predicted octanol–water partition coefficient (Wildman–Crippen LogP) is 2.70. The summed E-state index contributed by atoms with van der Waals surface area (Å²) in [4.78, 5) is 2.19. The highest BCUT2D eigenvalue weighted by Gasteiger charge is 2.22. The molecule has 0 radical (unpaired) electrons. The van der Waals surface area contributed by atoms with Crippen LogP contribution in [0.25, 0.3) is 0 Å². The summed E-state index contributed by atoms with van der Waals surface area (Å²) in [6.45, 7) is 2.21. The molecule has 0 aromatic heterocycles. The first-order chi connectivity index (χ1) is 9.11. The summed E-state index contributed by atoms with van der Waals surface area (Å²) in [6.07, 6.45) is 2.53. The molecule has 2 atom stereocenters. The Morgan fingerprint density at radius 2 is 2.37 bits per heavy atom. The number of ether oxygens (including phenoxy) is 1. The third kappa shape index (κ3) is 3.75. The highest BCUT2D eigenvalue weighted by Crippen LogP contribution is 2.25. The summed E-state index contributed by atoms with van der Waals surface area (Å²) in [7, 11) is 2.04. The number of halogens is 2. The third-order valence-corrected chi connectivity index (χ3v) is 4.21. The third-order valence-electron chi connectivity index (χ3n) is 3.60. The largest absolute Gasteiger partial charge is 0.377 e. The minimum Gasteiger partial charge on any atom is -0.377 e. The summed E-state index contributed by atoms with van der Waals surface area (Å²) in [6, 6.07) is 5.16. The molecule has 106 valence electrons. The van der Waals surface area contributed by atoms with Crippen LogP contribution in [0, 0.1) is 5.82 Å². The van der Waals surface area contributed by atoms with Crippen LogP contribution in [0.5, 0.6) is 0 Å². The van der Waals surface area contributed by atoms with E-state index in [2.05, 4.69) is 20.8 Å². The highest BCUT2D eigenvalue weighted by molar-refractivity contribution is 9.10. The Bertz CT molecular complexity index is 424. The van der Waals surface area contributed by atoms with E-state index >= 15 is 0 Å². The molecule has 0 saturated carbocycles. The van der Waals surface area contributed by atoms with E-state index in [1.165, 1.54) is 6.07 Å². The van der Waals surface area contributed by atoms with Crippen LogP contribution in [0.3, 0.4) is 0 Å². The first-order valence-corrected chi connectivity index (χ1v) is 7.38. The van der Waals surface area contributed by atoms with Gasteiger partial charge in [-0.2, -0.15) is 0 Å². The zero-order valence-corrected chi connectivity index (χ0v) is 12.7. The monoisotopic (exact) mass is 330 g/mol. The van der Waals surface area contributed by atoms with Crippen molar-refractivity contribution in [3.05, 3.63) is 34.1 Å². The Morgan fingerprint density at radius 1 is 1.58 bits per heavy atom. The summed E-state index contributed by atoms with van der Waals surface area (Å²) < 4.78 is 19.4. The lowest BCUT2D eigenvalue weighted by atomic mass is 10.0. The molecule has 19 heavy (non-hydrogen) atoms. The van der Waals surface area contributed by atoms with Gasteiger partial charge in [0.05, 0.1) is 10.6 Å². The molecule has 3 nitrogen and oxygen atoms in total. The smallest absolute Gasteiger partial charge is 0.137 e. The van der Waals surface area contributed by atoms with E-state index in [1.807, 2.05) is 7.05 Å². The summed E-state index contributed by atoms with van der Waals surface area (Å²) >= 11 is 3.22. The predicted molar refractivity (Wildman–Crippen MR) is 77.5 cm³/mol. The maximum atomic E-state index is 13.3. The van der Waals surface area contributed by atoms with E-state index in [0.29, 0.717) is 17.1 Å². The highest BCUT2D eigenvalue weighted by atomic mass is 79.9. The number of nitrogens with zero attached hydrogens (tertiary/aromatic N) is 1. The average Bonchev–Trinajstić information content (AvgIpc) is 2.87. The first kappa shape index (κ1) is 14.9. The summed E-state index contributed by atoms with van der Waals surface area (Å²) in [5.41, 5.74) is 6.90. The normalized spacial score (nSPS) is 21.0. The van der Waals surface area contributed by atoms with Gasteiger partial charge in [-0.05, 0) is 53.5 Å². The Balaban J connectivity index is 2.06. The average molecular weight is 331 g/mol. The zero-order valence-electron chi connectivity index (χ0n) is 11.1. The van der Waals surface area contributed by atoms with E-state index < -0.39 is 0 Å². The van der Waals surface area contributed by atoms with Crippen LogP contribution in [-0.4, -0.2) is 37.7 Å². The molecule has 0 amide bonds. The molecule has 0 bridgehead atoms. The van der Waals surface area contributed by atoms with Crippen molar-refractivity contribution in [1.29, 1.82) is 0 Å². The maximum absolute atomic E-state index is 13.3. The Kier molecular flexibility index (Phi) is 5.33. The van der Waals surface area contributed by atoms with Crippen LogP contribution in [0.4, 0.5) is 4.39 Å². The molecule has 1 aromatic carbocycles. The Morgan fingerprint density at radius 3 is 2.95 bits per heavy atom. The van der Waals surface area contributed by atoms with Crippen molar-refractivity contribution < 1.29 is 9.13 Å². The number of hydrogen-bond donors (Lipinski definition) is 1. The van der Waals surface area contributed by atoms with Crippen molar-refractivity contribution in [1.82, 2.24) is 4.90 Å². The lowest BCUT2D eigenvalue weighted by Crippen LogP contribution is -2.36. The standard InChI is InChI=1S/C14H20BrFN2O/c1-18(9-11-3-2-6-19-11)14(8-17)10-4-5-13(16)12(15)7-10/h4-5,7,11,14H,2-3,6,8-9,17H2,1H3. The first-order valence-electron chi connectivity index (χ1n) is 6.58. The van der Waals surface area contributed by atoms with Crippen molar-refractivity contribution in [3.63, 3.8) is 0 Å². The number of hydrogen-bond acceptors (Lipinski definition) is 3. The van der Waals surface area contributed by atoms with Gasteiger partial charge >= 0.3 is 0 Å². The molecule has 1 fully saturated rings. The molecule has 2 rings (SSSR count). The minimum atomic E-state index is -0.249. The van der Waals surface area contributed by atoms with E-state index in [4.69, 9.17) is 10.5 Å². The van der Waals surface area contributed by atoms with Crippen molar-refractivity contribution in [2.45, 2.75) is 25.0 Å². The van der Waals surface area contributed by atoms with Crippen molar-refractivity contribution >= 4 is 15.9 Å². The number of benzene rings is 1. The molecular formula is C14H20BrFN2O. The molecule has 1 saturated heterocycles. The Labute approximate surface area is 122 Å². The molecule has 5 heteroatoms. The van der Waals surface area contributed by atoms with Crippen molar-refractivity contribution in [3.8, 4) is 0 Å². The molecule has 2 N–H and O–H groups in total. The fourth-order valence-electron chi connectivity index (χ4n) is 2.53. The second-order valence-corrected chi connectivity index (χ2v) is 5.85. The van der Waals surface area contributed by atoms with Crippen LogP contribution in [0.2, 0.25) is 0 Å². The molecule has 0 aliphatic carbocycles. The number of nitrogens with two attached hydrogens (primary N) is 1. The fourth-order valence-corrected chi connectivity index (χ4v) is 2.92. The lowest BCUT2D eigenvalue weighted by molar-refractivity contribution is 0.0689. The molecule has 0 spiro atoms. The molecular weight excluding hydrogens is 311 g/mol. The molecule has 1 aliphatic heterocycles. The summed E-state index contributed by atoms with van der Waals surface area (Å²) in [5, 5.41) is 0. The van der Waals surface area contributed by atoms with Crippen molar-refractivity contribution in [2.75, 3.05) is 26.7 Å². The maximum Gasteiger partial charge on any atom is 0.137 e. The van der Waals surface area contributed by atoms with Crippen LogP contribution < -0.4 is 5.73 Å². The number of rotatable bonds is 5. The van der Waals surface area contributed by atoms with Crippen LogP contribution in [-0.2, 0) is 4.74 Å². The molecule has 2 unspecified atom stereocenters. The number of likely N-dealkylation sites (N-methyl/N-ethyl adjacent to an activating group) is 1. The minimum absolute atomic E-state index is 0.0844. The van der Waals surface area contributed by atoms with Gasteiger partial charge in [-0.15, -0.1) is 0 Å². The second kappa shape index (κ2) is 6.79. The van der Waals surface area contributed by atoms with Gasteiger partial charge in [-0.3, -0.25) is 4.90 Å². The van der Waals surface area contributed by atoms with Gasteiger partial charge in [0.25, 0.3) is 0 Å². The quantitative estimate of drug-likeness (QED) is 0.902. The SMILES string of the molecule is CN(CC1CCCO1)C(CN)c1ccc(F)c(Br)c1. The van der Waals surface area contributed by atoms with E-state index in [1.54, 1.807) is 12.1 Å². The van der Waals surface area contributed by atoms with Crippen LogP contribution >= 0.6 is 15.9 Å². The molecule has 1 aromatic rings. The van der Waals surface area contributed by atoms with Gasteiger partial charge in [0, 0.05) is 25.7 Å². The fraction of sp³-hybridized carbons (Fsp3) is 0.571. The van der Waals surface area contributed by atoms with Gasteiger partial charge in [-0.25, -0.2) is 4.39 Å². The van der Waals surface area contributed by atoms with E-state index in [0.717, 1.165) is 31.6 Å². The zero-order chi connectivity index (χ0) is 13.8. The van der Waals surface area contributed by atoms with E-state index in [9.17, 15) is 4.39 Å². The van der Waals surface area contributed by atoms with Gasteiger partial charge < -0.3 is 10.5 Å². The lowest BCUT2D eigenvalue weighted by Gasteiger charge is -2.29. The Hall–Kier alpha value is -0.490. The van der Waals surface area contributed by atoms with Crippen molar-refractivity contribution in [2.24, 2.45) is 5.73 Å². The second-order valence-electron chi connectivity index (χ2n) is 5.00. The van der Waals surface area contributed by atoms with Crippen LogP contribution in [0.1, 0.15) is 24.4 Å². The molecule has 1 aliphatic rings. The van der Waals surface area contributed by atoms with Gasteiger partial charge in [-0.1, -0.05) is 6.07 Å². The van der Waals surface area contributed by atoms with E-state index in [-0.39, 0.29) is 11.9 Å². The molecule has 1 heterocycles. The van der Waals surface area contributed by atoms with Crippen LogP contribution in [0.15, 0.2) is 22.7 Å². The van der Waals surface area contributed by atoms with Gasteiger partial charge in [0.15, 0.2) is 0 Å². The van der Waals surface area contributed by atoms with Gasteiger partial charge in [0.2, 0.25) is 0 Å². The topological polar surface area (TPSA) is 38.5 Å². The summed E-state index contributed by atoms with van der Waals surface area (Å²) in [5.74, 6) is -0.249. The van der Waals surface area contributed by atoms with Gasteiger partial charge in [0.1, 0.15) is 5.82 Å².